The van der Waals surface area contributed by atoms with Crippen LogP contribution in [0.4, 0.5) is 0 Å². The zero-order chi connectivity index (χ0) is 12.8. The fourth-order valence-electron chi connectivity index (χ4n) is 2.68. The summed E-state index contributed by atoms with van der Waals surface area (Å²) in [6.07, 6.45) is 7.93. The average Bonchev–Trinajstić information content (AvgIpc) is 2.31. The van der Waals surface area contributed by atoms with Crippen LogP contribution in [0.25, 0.3) is 0 Å². The molecule has 2 heteroatoms. The molecule has 1 aliphatic rings. The lowest BCUT2D eigenvalue weighted by Gasteiger charge is -2.36. The highest BCUT2D eigenvalue weighted by atomic mass is 35.5. The highest BCUT2D eigenvalue weighted by Crippen LogP contribution is 2.37. The highest BCUT2D eigenvalue weighted by molar-refractivity contribution is 6.30. The fraction of sp³-hybridized carbons (Fsp3) is 0.625. The van der Waals surface area contributed by atoms with Crippen molar-refractivity contribution in [3.8, 4) is 0 Å². The number of hydrogen-bond donors (Lipinski definition) is 1. The molecule has 0 amide bonds. The summed E-state index contributed by atoms with van der Waals surface area (Å²) >= 11 is 6.02. The van der Waals surface area contributed by atoms with Gasteiger partial charge in [0.05, 0.1) is 0 Å². The van der Waals surface area contributed by atoms with E-state index in [4.69, 9.17) is 11.6 Å². The molecule has 0 atom stereocenters. The van der Waals surface area contributed by atoms with Crippen LogP contribution in [0.15, 0.2) is 24.3 Å². The van der Waals surface area contributed by atoms with Gasteiger partial charge in [-0.05, 0) is 49.4 Å². The largest absolute Gasteiger partial charge is 0.314 e. The van der Waals surface area contributed by atoms with Gasteiger partial charge in [0, 0.05) is 11.1 Å². The number of nitrogens with one attached hydrogen (secondary N) is 1. The molecule has 0 unspecified atom stereocenters. The molecule has 18 heavy (non-hydrogen) atoms. The van der Waals surface area contributed by atoms with Crippen LogP contribution < -0.4 is 5.32 Å². The Bertz CT molecular complexity index is 358. The first-order valence-electron chi connectivity index (χ1n) is 7.28. The molecule has 1 N–H and O–H groups in total. The summed E-state index contributed by atoms with van der Waals surface area (Å²) < 4.78 is 0. The third-order valence-corrected chi connectivity index (χ3v) is 4.16. The second-order valence-electron chi connectivity index (χ2n) is 5.44. The zero-order valence-electron chi connectivity index (χ0n) is 11.3. The van der Waals surface area contributed by atoms with Crippen LogP contribution in [0.1, 0.15) is 56.9 Å². The lowest BCUT2D eigenvalue weighted by molar-refractivity contribution is 0.289. The van der Waals surface area contributed by atoms with E-state index in [1.165, 1.54) is 50.6 Å². The van der Waals surface area contributed by atoms with E-state index in [1.54, 1.807) is 0 Å². The quantitative estimate of drug-likeness (QED) is 0.701. The topological polar surface area (TPSA) is 12.0 Å². The first-order valence-corrected chi connectivity index (χ1v) is 7.66. The number of benzene rings is 1. The van der Waals surface area contributed by atoms with E-state index >= 15 is 0 Å². The summed E-state index contributed by atoms with van der Waals surface area (Å²) in [4.78, 5) is 0. The molecular weight excluding hydrogens is 242 g/mol. The van der Waals surface area contributed by atoms with Gasteiger partial charge in [-0.2, -0.15) is 0 Å². The van der Waals surface area contributed by atoms with Crippen molar-refractivity contribution in [2.45, 2.75) is 57.4 Å². The van der Waals surface area contributed by atoms with E-state index in [0.717, 1.165) is 17.0 Å². The Kier molecular flexibility index (Phi) is 5.52. The van der Waals surface area contributed by atoms with Crippen molar-refractivity contribution in [3.05, 3.63) is 34.9 Å². The van der Waals surface area contributed by atoms with Gasteiger partial charge in [0.2, 0.25) is 0 Å². The maximum atomic E-state index is 6.02. The highest BCUT2D eigenvalue weighted by Gasteiger charge is 2.29. The molecule has 1 aromatic carbocycles. The SMILES string of the molecule is CCCCCCNC1CC(c2cccc(Cl)c2)C1. The Labute approximate surface area is 116 Å². The summed E-state index contributed by atoms with van der Waals surface area (Å²) in [6.45, 7) is 3.45. The molecule has 0 radical (unpaired) electrons. The normalized spacial score (nSPS) is 22.8. The molecule has 0 spiro atoms. The van der Waals surface area contributed by atoms with Gasteiger partial charge in [0.1, 0.15) is 0 Å². The molecule has 0 bridgehead atoms. The molecule has 1 aromatic rings. The van der Waals surface area contributed by atoms with E-state index in [0.29, 0.717) is 0 Å². The molecule has 1 nitrogen and oxygen atoms in total. The second-order valence-corrected chi connectivity index (χ2v) is 5.87. The molecule has 0 saturated heterocycles. The summed E-state index contributed by atoms with van der Waals surface area (Å²) in [5.41, 5.74) is 1.41. The van der Waals surface area contributed by atoms with Crippen LogP contribution in [0.3, 0.4) is 0 Å². The molecule has 2 rings (SSSR count). The lowest BCUT2D eigenvalue weighted by Crippen LogP contribution is -2.40. The molecule has 1 aliphatic carbocycles. The van der Waals surface area contributed by atoms with E-state index in [-0.39, 0.29) is 0 Å². The minimum absolute atomic E-state index is 0.719. The first-order chi connectivity index (χ1) is 8.79. The molecule has 1 fully saturated rings. The first kappa shape index (κ1) is 13.9. The molecule has 1 saturated carbocycles. The number of unbranched alkanes of at least 4 members (excludes halogenated alkanes) is 3. The maximum Gasteiger partial charge on any atom is 0.0408 e. The van der Waals surface area contributed by atoms with Crippen molar-refractivity contribution in [1.29, 1.82) is 0 Å². The number of halogens is 1. The van der Waals surface area contributed by atoms with Gasteiger partial charge in [-0.1, -0.05) is 49.9 Å². The predicted molar refractivity (Wildman–Crippen MR) is 79.4 cm³/mol. The van der Waals surface area contributed by atoms with Crippen LogP contribution in [-0.2, 0) is 0 Å². The third-order valence-electron chi connectivity index (χ3n) is 3.92. The Morgan fingerprint density at radius 3 is 2.78 bits per heavy atom. The van der Waals surface area contributed by atoms with E-state index in [9.17, 15) is 0 Å². The smallest absolute Gasteiger partial charge is 0.0408 e. The van der Waals surface area contributed by atoms with Crippen molar-refractivity contribution < 1.29 is 0 Å². The Hall–Kier alpha value is -0.530. The second kappa shape index (κ2) is 7.16. The van der Waals surface area contributed by atoms with Crippen molar-refractivity contribution in [3.63, 3.8) is 0 Å². The van der Waals surface area contributed by atoms with Crippen molar-refractivity contribution in [2.75, 3.05) is 6.54 Å². The monoisotopic (exact) mass is 265 g/mol. The predicted octanol–water partition coefficient (Wildman–Crippen LogP) is 4.76. The standard InChI is InChI=1S/C16H24ClN/c1-2-3-4-5-9-18-16-11-14(12-16)13-7-6-8-15(17)10-13/h6-8,10,14,16,18H,2-5,9,11-12H2,1H3. The van der Waals surface area contributed by atoms with E-state index < -0.39 is 0 Å². The van der Waals surface area contributed by atoms with Crippen molar-refractivity contribution in [2.24, 2.45) is 0 Å². The third kappa shape index (κ3) is 4.00. The van der Waals surface area contributed by atoms with Gasteiger partial charge in [0.15, 0.2) is 0 Å². The van der Waals surface area contributed by atoms with E-state index in [2.05, 4.69) is 30.4 Å². The Morgan fingerprint density at radius 1 is 1.22 bits per heavy atom. The van der Waals surface area contributed by atoms with Crippen LogP contribution in [0.5, 0.6) is 0 Å². The Balaban J connectivity index is 1.62. The Morgan fingerprint density at radius 2 is 2.06 bits per heavy atom. The number of hydrogen-bond acceptors (Lipinski definition) is 1. The summed E-state index contributed by atoms with van der Waals surface area (Å²) in [7, 11) is 0. The van der Waals surface area contributed by atoms with Gasteiger partial charge >= 0.3 is 0 Å². The van der Waals surface area contributed by atoms with Gasteiger partial charge in [0.25, 0.3) is 0 Å². The van der Waals surface area contributed by atoms with Crippen LogP contribution in [0.2, 0.25) is 5.02 Å². The average molecular weight is 266 g/mol. The lowest BCUT2D eigenvalue weighted by atomic mass is 9.76. The summed E-state index contributed by atoms with van der Waals surface area (Å²) in [5, 5.41) is 4.52. The van der Waals surface area contributed by atoms with Gasteiger partial charge in [-0.15, -0.1) is 0 Å². The van der Waals surface area contributed by atoms with Gasteiger partial charge in [-0.25, -0.2) is 0 Å². The van der Waals surface area contributed by atoms with Crippen LogP contribution >= 0.6 is 11.6 Å². The van der Waals surface area contributed by atoms with Crippen LogP contribution in [0, 0.1) is 0 Å². The minimum Gasteiger partial charge on any atom is -0.314 e. The molecule has 0 aromatic heterocycles. The molecular formula is C16H24ClN. The van der Waals surface area contributed by atoms with Crippen molar-refractivity contribution in [1.82, 2.24) is 5.32 Å². The summed E-state index contributed by atoms with van der Waals surface area (Å²) in [6, 6.07) is 9.06. The summed E-state index contributed by atoms with van der Waals surface area (Å²) in [5.74, 6) is 0.719. The minimum atomic E-state index is 0.719. The van der Waals surface area contributed by atoms with E-state index in [1.807, 2.05) is 6.07 Å². The molecule has 0 aliphatic heterocycles. The molecule has 100 valence electrons. The van der Waals surface area contributed by atoms with Gasteiger partial charge < -0.3 is 5.32 Å². The van der Waals surface area contributed by atoms with Crippen LogP contribution in [-0.4, -0.2) is 12.6 Å². The fourth-order valence-corrected chi connectivity index (χ4v) is 2.87. The number of rotatable bonds is 7. The zero-order valence-corrected chi connectivity index (χ0v) is 12.0. The van der Waals surface area contributed by atoms with Crippen molar-refractivity contribution >= 4 is 11.6 Å². The maximum absolute atomic E-state index is 6.02. The molecule has 0 heterocycles. The van der Waals surface area contributed by atoms with Gasteiger partial charge in [-0.3, -0.25) is 0 Å².